The number of amides is 1. The molecule has 2 N–H and O–H groups in total. The number of carbonyl (C=O) groups is 2. The summed E-state index contributed by atoms with van der Waals surface area (Å²) in [6.45, 7) is 5.02. The summed E-state index contributed by atoms with van der Waals surface area (Å²) in [5.74, 6) is -1.73. The standard InChI is InChI=1S/C24H21NO6/c1-12-9-18-21(22-20(12)17(11-30-22)15-7-5-4-6-8-15)13(2)16(24(29)31-18)10-19(26)25-14(3)23(27)28/h4-9,11,14H,10H2,1-3H3,(H,25,26)(H,27,28). The van der Waals surface area contributed by atoms with Gasteiger partial charge in [0.2, 0.25) is 5.91 Å². The van der Waals surface area contributed by atoms with Gasteiger partial charge in [-0.05, 0) is 43.5 Å². The maximum Gasteiger partial charge on any atom is 0.340 e. The number of carboxylic acid groups (broad SMARTS) is 1. The summed E-state index contributed by atoms with van der Waals surface area (Å²) in [5, 5.41) is 12.9. The first-order valence-corrected chi connectivity index (χ1v) is 9.82. The molecule has 2 aromatic carbocycles. The minimum absolute atomic E-state index is 0.172. The molecule has 0 aliphatic rings. The van der Waals surface area contributed by atoms with Gasteiger partial charge in [0.1, 0.15) is 17.2 Å². The molecule has 0 bridgehead atoms. The smallest absolute Gasteiger partial charge is 0.340 e. The van der Waals surface area contributed by atoms with Crippen LogP contribution >= 0.6 is 0 Å². The highest BCUT2D eigenvalue weighted by Crippen LogP contribution is 2.38. The minimum Gasteiger partial charge on any atom is -0.480 e. The lowest BCUT2D eigenvalue weighted by Gasteiger charge is -2.12. The van der Waals surface area contributed by atoms with E-state index in [0.29, 0.717) is 22.1 Å². The van der Waals surface area contributed by atoms with Gasteiger partial charge < -0.3 is 19.3 Å². The number of nitrogens with one attached hydrogen (secondary N) is 1. The first kappa shape index (κ1) is 20.4. The quantitative estimate of drug-likeness (QED) is 0.474. The zero-order valence-electron chi connectivity index (χ0n) is 17.3. The van der Waals surface area contributed by atoms with Crippen molar-refractivity contribution in [3.05, 3.63) is 69.8 Å². The van der Waals surface area contributed by atoms with Crippen molar-refractivity contribution in [2.24, 2.45) is 0 Å². The normalized spacial score (nSPS) is 12.2. The van der Waals surface area contributed by atoms with E-state index >= 15 is 0 Å². The van der Waals surface area contributed by atoms with E-state index in [1.807, 2.05) is 37.3 Å². The predicted octanol–water partition coefficient (Wildman–Crippen LogP) is 3.95. The van der Waals surface area contributed by atoms with E-state index in [1.165, 1.54) is 6.92 Å². The Morgan fingerprint density at radius 1 is 1.13 bits per heavy atom. The highest BCUT2D eigenvalue weighted by molar-refractivity contribution is 6.11. The lowest BCUT2D eigenvalue weighted by Crippen LogP contribution is -2.39. The van der Waals surface area contributed by atoms with Gasteiger partial charge in [0.15, 0.2) is 0 Å². The van der Waals surface area contributed by atoms with Gasteiger partial charge in [-0.2, -0.15) is 0 Å². The fourth-order valence-electron chi connectivity index (χ4n) is 3.84. The Bertz CT molecular complexity index is 1380. The summed E-state index contributed by atoms with van der Waals surface area (Å²) in [7, 11) is 0. The second-order valence-corrected chi connectivity index (χ2v) is 7.58. The van der Waals surface area contributed by atoms with Gasteiger partial charge in [-0.25, -0.2) is 4.79 Å². The summed E-state index contributed by atoms with van der Waals surface area (Å²) in [4.78, 5) is 35.9. The third-order valence-corrected chi connectivity index (χ3v) is 5.45. The maximum absolute atomic E-state index is 12.6. The number of carboxylic acids is 1. The van der Waals surface area contributed by atoms with Crippen LogP contribution in [0.25, 0.3) is 33.1 Å². The van der Waals surface area contributed by atoms with E-state index in [9.17, 15) is 14.4 Å². The number of carbonyl (C=O) groups excluding carboxylic acids is 1. The van der Waals surface area contributed by atoms with E-state index in [4.69, 9.17) is 13.9 Å². The summed E-state index contributed by atoms with van der Waals surface area (Å²) in [6.07, 6.45) is 1.39. The van der Waals surface area contributed by atoms with Gasteiger partial charge in [-0.15, -0.1) is 0 Å². The molecule has 7 heteroatoms. The lowest BCUT2D eigenvalue weighted by atomic mass is 9.96. The average Bonchev–Trinajstić information content (AvgIpc) is 3.17. The van der Waals surface area contributed by atoms with Crippen molar-refractivity contribution >= 4 is 33.8 Å². The van der Waals surface area contributed by atoms with Crippen LogP contribution in [0.2, 0.25) is 0 Å². The van der Waals surface area contributed by atoms with Crippen LogP contribution in [0.15, 0.2) is 56.3 Å². The number of fused-ring (bicyclic) bond motifs is 3. The van der Waals surface area contributed by atoms with E-state index in [2.05, 4.69) is 5.32 Å². The molecule has 0 radical (unpaired) electrons. The molecule has 1 amide bonds. The number of furan rings is 1. The monoisotopic (exact) mass is 419 g/mol. The minimum atomic E-state index is -1.16. The second-order valence-electron chi connectivity index (χ2n) is 7.58. The Hall–Kier alpha value is -3.87. The van der Waals surface area contributed by atoms with Crippen molar-refractivity contribution in [1.29, 1.82) is 0 Å². The van der Waals surface area contributed by atoms with E-state index in [-0.39, 0.29) is 12.0 Å². The average molecular weight is 419 g/mol. The van der Waals surface area contributed by atoms with Crippen LogP contribution in [-0.2, 0) is 16.0 Å². The fourth-order valence-corrected chi connectivity index (χ4v) is 3.84. The number of aryl methyl sites for hydroxylation is 2. The molecule has 0 saturated carbocycles. The molecule has 2 heterocycles. The van der Waals surface area contributed by atoms with Gasteiger partial charge in [-0.1, -0.05) is 30.3 Å². The first-order valence-electron chi connectivity index (χ1n) is 9.82. The highest BCUT2D eigenvalue weighted by atomic mass is 16.4. The molecule has 4 aromatic rings. The molecule has 0 spiro atoms. The Morgan fingerprint density at radius 2 is 1.84 bits per heavy atom. The molecule has 1 unspecified atom stereocenters. The topological polar surface area (TPSA) is 110 Å². The van der Waals surface area contributed by atoms with Crippen LogP contribution in [0.3, 0.4) is 0 Å². The summed E-state index contributed by atoms with van der Waals surface area (Å²) in [5.41, 5.74) is 3.90. The van der Waals surface area contributed by atoms with Crippen LogP contribution in [0.5, 0.6) is 0 Å². The predicted molar refractivity (Wildman–Crippen MR) is 116 cm³/mol. The summed E-state index contributed by atoms with van der Waals surface area (Å²) < 4.78 is 11.5. The largest absolute Gasteiger partial charge is 0.480 e. The van der Waals surface area contributed by atoms with Crippen LogP contribution in [0.1, 0.15) is 23.6 Å². The van der Waals surface area contributed by atoms with Crippen LogP contribution < -0.4 is 10.9 Å². The molecule has 31 heavy (non-hydrogen) atoms. The van der Waals surface area contributed by atoms with Crippen molar-refractivity contribution in [3.63, 3.8) is 0 Å². The zero-order chi connectivity index (χ0) is 22.3. The number of rotatable bonds is 5. The van der Waals surface area contributed by atoms with Crippen molar-refractivity contribution in [2.75, 3.05) is 0 Å². The summed E-state index contributed by atoms with van der Waals surface area (Å²) >= 11 is 0. The van der Waals surface area contributed by atoms with Crippen molar-refractivity contribution in [1.82, 2.24) is 5.32 Å². The molecule has 158 valence electrons. The third-order valence-electron chi connectivity index (χ3n) is 5.45. The molecular formula is C24H21NO6. The molecule has 4 rings (SSSR count). The third kappa shape index (κ3) is 3.59. The lowest BCUT2D eigenvalue weighted by molar-refractivity contribution is -0.141. The maximum atomic E-state index is 12.6. The number of benzene rings is 2. The van der Waals surface area contributed by atoms with Crippen molar-refractivity contribution in [2.45, 2.75) is 33.2 Å². The van der Waals surface area contributed by atoms with Crippen LogP contribution in [0.4, 0.5) is 0 Å². The number of hydrogen-bond acceptors (Lipinski definition) is 5. The Labute approximate surface area is 177 Å². The van der Waals surface area contributed by atoms with Crippen LogP contribution in [0, 0.1) is 13.8 Å². The Balaban J connectivity index is 1.88. The van der Waals surface area contributed by atoms with E-state index in [0.717, 1.165) is 22.1 Å². The van der Waals surface area contributed by atoms with Crippen molar-refractivity contribution in [3.8, 4) is 11.1 Å². The number of aliphatic carboxylic acids is 1. The summed E-state index contributed by atoms with van der Waals surface area (Å²) in [6, 6.07) is 10.6. The first-order chi connectivity index (χ1) is 14.8. The van der Waals surface area contributed by atoms with E-state index in [1.54, 1.807) is 19.3 Å². The molecule has 2 aromatic heterocycles. The fraction of sp³-hybridized carbons (Fsp3) is 0.208. The molecular weight excluding hydrogens is 398 g/mol. The zero-order valence-corrected chi connectivity index (χ0v) is 17.3. The Kier molecular flexibility index (Phi) is 5.10. The molecule has 0 fully saturated rings. The van der Waals surface area contributed by atoms with Gasteiger partial charge >= 0.3 is 11.6 Å². The molecule has 7 nitrogen and oxygen atoms in total. The van der Waals surface area contributed by atoms with Crippen LogP contribution in [-0.4, -0.2) is 23.0 Å². The van der Waals surface area contributed by atoms with Gasteiger partial charge in [0.05, 0.1) is 23.6 Å². The van der Waals surface area contributed by atoms with Gasteiger partial charge in [0.25, 0.3) is 0 Å². The number of hydrogen-bond donors (Lipinski definition) is 2. The van der Waals surface area contributed by atoms with Gasteiger partial charge in [-0.3, -0.25) is 9.59 Å². The molecule has 0 saturated heterocycles. The molecule has 0 aliphatic carbocycles. The second kappa shape index (κ2) is 7.75. The highest BCUT2D eigenvalue weighted by Gasteiger charge is 2.22. The van der Waals surface area contributed by atoms with Crippen molar-refractivity contribution < 1.29 is 23.5 Å². The van der Waals surface area contributed by atoms with Gasteiger partial charge in [0, 0.05) is 10.9 Å². The van der Waals surface area contributed by atoms with E-state index < -0.39 is 23.5 Å². The molecule has 1 atom stereocenters. The SMILES string of the molecule is Cc1cc2oc(=O)c(CC(=O)NC(C)C(=O)O)c(C)c2c2occ(-c3ccccc3)c12. The molecule has 0 aliphatic heterocycles. The Morgan fingerprint density at radius 3 is 2.52 bits per heavy atom.